The van der Waals surface area contributed by atoms with E-state index in [0.29, 0.717) is 23.1 Å². The van der Waals surface area contributed by atoms with Crippen molar-refractivity contribution in [2.45, 2.75) is 13.8 Å². The van der Waals surface area contributed by atoms with E-state index in [-0.39, 0.29) is 11.6 Å². The maximum absolute atomic E-state index is 12.3. The Balaban J connectivity index is 1.65. The Morgan fingerprint density at radius 1 is 1.07 bits per heavy atom. The largest absolute Gasteiger partial charge is 0.494 e. The number of rotatable bonds is 6. The van der Waals surface area contributed by atoms with Crippen molar-refractivity contribution in [1.82, 2.24) is 10.2 Å². The van der Waals surface area contributed by atoms with Crippen molar-refractivity contribution >= 4 is 34.7 Å². The number of nitrogens with one attached hydrogen (secondary N) is 2. The number of amides is 1. The van der Waals surface area contributed by atoms with Gasteiger partial charge in [0.25, 0.3) is 5.91 Å². The molecular weight excluding hydrogens is 364 g/mol. The SMILES string of the molecule is CCOc1ccc(NC(=O)c2ccc(Nc3cccc(Cl)c3C)nn2)cc1. The number of benzene rings is 2. The summed E-state index contributed by atoms with van der Waals surface area (Å²) in [5.41, 5.74) is 2.63. The lowest BCUT2D eigenvalue weighted by atomic mass is 10.2. The number of halogens is 1. The number of anilines is 3. The standard InChI is InChI=1S/C20H19ClN4O2/c1-3-27-15-9-7-14(8-10-15)22-20(26)18-11-12-19(25-24-18)23-17-6-4-5-16(21)13(17)2/h4-12H,3H2,1-2H3,(H,22,26)(H,23,25). The molecule has 1 amide bonds. The van der Waals surface area contributed by atoms with Crippen LogP contribution in [0, 0.1) is 6.92 Å². The van der Waals surface area contributed by atoms with Gasteiger partial charge in [0.05, 0.1) is 6.61 Å². The molecule has 6 nitrogen and oxygen atoms in total. The highest BCUT2D eigenvalue weighted by Crippen LogP contribution is 2.25. The summed E-state index contributed by atoms with van der Waals surface area (Å²) in [7, 11) is 0. The van der Waals surface area contributed by atoms with E-state index in [1.165, 1.54) is 0 Å². The minimum absolute atomic E-state index is 0.220. The number of carbonyl (C=O) groups excluding carboxylic acids is 1. The molecule has 0 aliphatic heterocycles. The molecule has 0 fully saturated rings. The van der Waals surface area contributed by atoms with Crippen molar-refractivity contribution < 1.29 is 9.53 Å². The van der Waals surface area contributed by atoms with E-state index in [4.69, 9.17) is 16.3 Å². The predicted molar refractivity (Wildman–Crippen MR) is 107 cm³/mol. The Hall–Kier alpha value is -3.12. The Morgan fingerprint density at radius 3 is 2.52 bits per heavy atom. The molecule has 1 heterocycles. The molecule has 1 aromatic heterocycles. The molecule has 0 atom stereocenters. The summed E-state index contributed by atoms with van der Waals surface area (Å²) in [5.74, 6) is 0.942. The van der Waals surface area contributed by atoms with Gasteiger partial charge in [0.15, 0.2) is 11.5 Å². The van der Waals surface area contributed by atoms with Crippen molar-refractivity contribution in [3.05, 3.63) is 70.9 Å². The normalized spacial score (nSPS) is 10.3. The van der Waals surface area contributed by atoms with Crippen LogP contribution in [0.4, 0.5) is 17.2 Å². The second-order valence-corrected chi connectivity index (χ2v) is 6.16. The lowest BCUT2D eigenvalue weighted by Crippen LogP contribution is -2.14. The van der Waals surface area contributed by atoms with Gasteiger partial charge in [-0.3, -0.25) is 4.79 Å². The first-order chi connectivity index (χ1) is 13.1. The lowest BCUT2D eigenvalue weighted by Gasteiger charge is -2.10. The molecule has 2 aromatic carbocycles. The molecule has 7 heteroatoms. The minimum atomic E-state index is -0.336. The van der Waals surface area contributed by atoms with Crippen LogP contribution in [0.5, 0.6) is 5.75 Å². The number of aromatic nitrogens is 2. The Morgan fingerprint density at radius 2 is 1.85 bits per heavy atom. The van der Waals surface area contributed by atoms with E-state index in [1.807, 2.05) is 32.0 Å². The predicted octanol–water partition coefficient (Wildman–Crippen LogP) is 4.83. The highest BCUT2D eigenvalue weighted by molar-refractivity contribution is 6.31. The van der Waals surface area contributed by atoms with Gasteiger partial charge in [0.1, 0.15) is 5.75 Å². The van der Waals surface area contributed by atoms with E-state index in [2.05, 4.69) is 20.8 Å². The highest BCUT2D eigenvalue weighted by atomic mass is 35.5. The maximum atomic E-state index is 12.3. The zero-order valence-electron chi connectivity index (χ0n) is 15.0. The molecule has 0 aliphatic carbocycles. The average Bonchev–Trinajstić information content (AvgIpc) is 2.68. The van der Waals surface area contributed by atoms with Gasteiger partial charge in [0.2, 0.25) is 0 Å². The summed E-state index contributed by atoms with van der Waals surface area (Å²) in [5, 5.41) is 14.6. The Labute approximate surface area is 162 Å². The van der Waals surface area contributed by atoms with E-state index >= 15 is 0 Å². The number of carbonyl (C=O) groups is 1. The maximum Gasteiger partial charge on any atom is 0.276 e. The van der Waals surface area contributed by atoms with Crippen molar-refractivity contribution in [1.29, 1.82) is 0 Å². The van der Waals surface area contributed by atoms with Crippen LogP contribution in [-0.2, 0) is 0 Å². The van der Waals surface area contributed by atoms with E-state index in [0.717, 1.165) is 17.0 Å². The summed E-state index contributed by atoms with van der Waals surface area (Å²) in [4.78, 5) is 12.3. The fourth-order valence-corrected chi connectivity index (χ4v) is 2.57. The molecule has 138 valence electrons. The van der Waals surface area contributed by atoms with Crippen LogP contribution in [0.2, 0.25) is 5.02 Å². The Bertz CT molecular complexity index is 928. The number of ether oxygens (including phenoxy) is 1. The van der Waals surface area contributed by atoms with Crippen LogP contribution < -0.4 is 15.4 Å². The molecule has 0 saturated carbocycles. The molecule has 0 saturated heterocycles. The van der Waals surface area contributed by atoms with Gasteiger partial charge >= 0.3 is 0 Å². The zero-order valence-corrected chi connectivity index (χ0v) is 15.7. The van der Waals surface area contributed by atoms with Crippen LogP contribution in [0.3, 0.4) is 0 Å². The van der Waals surface area contributed by atoms with Crippen molar-refractivity contribution in [2.24, 2.45) is 0 Å². The van der Waals surface area contributed by atoms with Gasteiger partial charge < -0.3 is 15.4 Å². The number of hydrogen-bond acceptors (Lipinski definition) is 5. The van der Waals surface area contributed by atoms with Crippen LogP contribution in [0.15, 0.2) is 54.6 Å². The minimum Gasteiger partial charge on any atom is -0.494 e. The number of hydrogen-bond donors (Lipinski definition) is 2. The molecule has 0 unspecified atom stereocenters. The molecule has 27 heavy (non-hydrogen) atoms. The molecule has 0 radical (unpaired) electrons. The van der Waals surface area contributed by atoms with Gasteiger partial charge in [-0.25, -0.2) is 0 Å². The van der Waals surface area contributed by atoms with Gasteiger partial charge in [0, 0.05) is 16.4 Å². The van der Waals surface area contributed by atoms with Crippen LogP contribution in [-0.4, -0.2) is 22.7 Å². The molecule has 3 rings (SSSR count). The summed E-state index contributed by atoms with van der Waals surface area (Å²) in [6.07, 6.45) is 0. The van der Waals surface area contributed by atoms with Crippen molar-refractivity contribution in [3.8, 4) is 5.75 Å². The van der Waals surface area contributed by atoms with E-state index in [9.17, 15) is 4.79 Å². The second-order valence-electron chi connectivity index (χ2n) is 5.75. The Kier molecular flexibility index (Phi) is 5.88. The third-order valence-electron chi connectivity index (χ3n) is 3.85. The van der Waals surface area contributed by atoms with Crippen molar-refractivity contribution in [2.75, 3.05) is 17.2 Å². The quantitative estimate of drug-likeness (QED) is 0.638. The van der Waals surface area contributed by atoms with Gasteiger partial charge in [-0.1, -0.05) is 17.7 Å². The summed E-state index contributed by atoms with van der Waals surface area (Å²) < 4.78 is 5.38. The topological polar surface area (TPSA) is 76.1 Å². The molecule has 0 spiro atoms. The molecular formula is C20H19ClN4O2. The third kappa shape index (κ3) is 4.74. The summed E-state index contributed by atoms with van der Waals surface area (Å²) in [6, 6.07) is 16.0. The van der Waals surface area contributed by atoms with Crippen molar-refractivity contribution in [3.63, 3.8) is 0 Å². The van der Waals surface area contributed by atoms with Gasteiger partial charge in [-0.05, 0) is 67.9 Å². The second kappa shape index (κ2) is 8.51. The van der Waals surface area contributed by atoms with Gasteiger partial charge in [-0.2, -0.15) is 0 Å². The van der Waals surface area contributed by atoms with E-state index in [1.54, 1.807) is 36.4 Å². The lowest BCUT2D eigenvalue weighted by molar-refractivity contribution is 0.102. The zero-order chi connectivity index (χ0) is 19.2. The monoisotopic (exact) mass is 382 g/mol. The van der Waals surface area contributed by atoms with Crippen LogP contribution >= 0.6 is 11.6 Å². The van der Waals surface area contributed by atoms with Crippen LogP contribution in [0.25, 0.3) is 0 Å². The molecule has 3 aromatic rings. The first-order valence-electron chi connectivity index (χ1n) is 8.47. The third-order valence-corrected chi connectivity index (χ3v) is 4.26. The smallest absolute Gasteiger partial charge is 0.276 e. The molecule has 0 aliphatic rings. The fourth-order valence-electron chi connectivity index (χ4n) is 2.40. The van der Waals surface area contributed by atoms with E-state index < -0.39 is 0 Å². The van der Waals surface area contributed by atoms with Gasteiger partial charge in [-0.15, -0.1) is 10.2 Å². The highest BCUT2D eigenvalue weighted by Gasteiger charge is 2.10. The fraction of sp³-hybridized carbons (Fsp3) is 0.150. The molecule has 2 N–H and O–H groups in total. The molecule has 0 bridgehead atoms. The summed E-state index contributed by atoms with van der Waals surface area (Å²) in [6.45, 7) is 4.42. The number of nitrogens with zero attached hydrogens (tertiary/aromatic N) is 2. The van der Waals surface area contributed by atoms with Crippen LogP contribution in [0.1, 0.15) is 23.0 Å². The average molecular weight is 383 g/mol. The summed E-state index contributed by atoms with van der Waals surface area (Å²) >= 11 is 6.11. The first-order valence-corrected chi connectivity index (χ1v) is 8.84. The first kappa shape index (κ1) is 18.7.